The number of hydrogen-bond donors (Lipinski definition) is 1. The molecule has 1 aromatic heterocycles. The highest BCUT2D eigenvalue weighted by Gasteiger charge is 2.14. The predicted octanol–water partition coefficient (Wildman–Crippen LogP) is 5.38. The van der Waals surface area contributed by atoms with Crippen LogP contribution < -0.4 is 5.32 Å². The van der Waals surface area contributed by atoms with E-state index in [4.69, 9.17) is 16.6 Å². The van der Waals surface area contributed by atoms with Crippen molar-refractivity contribution in [1.29, 1.82) is 0 Å². The number of hydrogen-bond acceptors (Lipinski definition) is 3. The number of rotatable bonds is 6. The molecule has 1 N–H and O–H groups in total. The van der Waals surface area contributed by atoms with Crippen molar-refractivity contribution in [2.75, 3.05) is 11.1 Å². The summed E-state index contributed by atoms with van der Waals surface area (Å²) in [6.45, 7) is 7.19. The Labute approximate surface area is 163 Å². The van der Waals surface area contributed by atoms with Gasteiger partial charge in [-0.2, -0.15) is 0 Å². The first kappa shape index (κ1) is 18.8. The Hall–Kier alpha value is -1.98. The van der Waals surface area contributed by atoms with Crippen molar-refractivity contribution in [1.82, 2.24) is 9.55 Å². The van der Waals surface area contributed by atoms with Gasteiger partial charge in [-0.25, -0.2) is 4.98 Å². The van der Waals surface area contributed by atoms with Crippen molar-refractivity contribution in [2.45, 2.75) is 32.5 Å². The second kappa shape index (κ2) is 8.14. The minimum absolute atomic E-state index is 0.0936. The highest BCUT2D eigenvalue weighted by Crippen LogP contribution is 2.26. The molecular formula is C20H22ClN3OS. The van der Waals surface area contributed by atoms with Crippen LogP contribution >= 0.6 is 23.4 Å². The predicted molar refractivity (Wildman–Crippen MR) is 110 cm³/mol. The molecular weight excluding hydrogens is 366 g/mol. The van der Waals surface area contributed by atoms with Gasteiger partial charge in [-0.3, -0.25) is 4.79 Å². The second-order valence-electron chi connectivity index (χ2n) is 6.71. The Kier molecular flexibility index (Phi) is 5.89. The number of nitrogens with zero attached hydrogens (tertiary/aromatic N) is 2. The molecule has 0 saturated heterocycles. The third kappa shape index (κ3) is 4.40. The van der Waals surface area contributed by atoms with E-state index in [2.05, 4.69) is 29.8 Å². The molecule has 26 heavy (non-hydrogen) atoms. The third-order valence-corrected chi connectivity index (χ3v) is 5.19. The molecule has 0 saturated carbocycles. The summed E-state index contributed by atoms with van der Waals surface area (Å²) in [7, 11) is 0. The van der Waals surface area contributed by atoms with Gasteiger partial charge in [0.25, 0.3) is 0 Å². The maximum absolute atomic E-state index is 12.3. The van der Waals surface area contributed by atoms with Crippen LogP contribution in [-0.2, 0) is 11.3 Å². The SMILES string of the molecule is Cc1ccc(NC(=O)CSc2nc3ccccc3n2CC(C)C)c(Cl)c1. The highest BCUT2D eigenvalue weighted by molar-refractivity contribution is 7.99. The Morgan fingerprint density at radius 2 is 2.04 bits per heavy atom. The molecule has 6 heteroatoms. The fraction of sp³-hybridized carbons (Fsp3) is 0.300. The van der Waals surface area contributed by atoms with Crippen molar-refractivity contribution >= 4 is 46.0 Å². The van der Waals surface area contributed by atoms with Crippen LogP contribution in [0.5, 0.6) is 0 Å². The average molecular weight is 388 g/mol. The Bertz CT molecular complexity index is 936. The second-order valence-corrected chi connectivity index (χ2v) is 8.06. The van der Waals surface area contributed by atoms with E-state index in [9.17, 15) is 4.79 Å². The lowest BCUT2D eigenvalue weighted by Gasteiger charge is -2.11. The Morgan fingerprint density at radius 3 is 2.77 bits per heavy atom. The number of aryl methyl sites for hydroxylation is 1. The zero-order valence-corrected chi connectivity index (χ0v) is 16.7. The molecule has 0 unspecified atom stereocenters. The van der Waals surface area contributed by atoms with Crippen molar-refractivity contribution in [3.63, 3.8) is 0 Å². The lowest BCUT2D eigenvalue weighted by Crippen LogP contribution is -2.15. The summed E-state index contributed by atoms with van der Waals surface area (Å²) in [4.78, 5) is 17.0. The molecule has 3 aromatic rings. The summed E-state index contributed by atoms with van der Waals surface area (Å²) in [6.07, 6.45) is 0. The van der Waals surface area contributed by atoms with Gasteiger partial charge in [-0.15, -0.1) is 0 Å². The molecule has 3 rings (SSSR count). The van der Waals surface area contributed by atoms with Crippen LogP contribution in [-0.4, -0.2) is 21.2 Å². The molecule has 0 spiro atoms. The largest absolute Gasteiger partial charge is 0.324 e. The average Bonchev–Trinajstić information content (AvgIpc) is 2.93. The van der Waals surface area contributed by atoms with Gasteiger partial charge in [-0.1, -0.05) is 55.4 Å². The molecule has 0 aliphatic heterocycles. The third-order valence-electron chi connectivity index (χ3n) is 3.90. The zero-order chi connectivity index (χ0) is 18.7. The number of fused-ring (bicyclic) bond motifs is 1. The van der Waals surface area contributed by atoms with Crippen LogP contribution in [0.4, 0.5) is 5.69 Å². The van der Waals surface area contributed by atoms with Crippen LogP contribution in [0.15, 0.2) is 47.6 Å². The Balaban J connectivity index is 1.73. The van der Waals surface area contributed by atoms with E-state index in [0.29, 0.717) is 16.6 Å². The number of carbonyl (C=O) groups excluding carboxylic acids is 1. The first-order valence-corrected chi connectivity index (χ1v) is 9.94. The summed E-state index contributed by atoms with van der Waals surface area (Å²) >= 11 is 7.64. The summed E-state index contributed by atoms with van der Waals surface area (Å²) in [5, 5.41) is 4.29. The van der Waals surface area contributed by atoms with Gasteiger partial charge in [0, 0.05) is 6.54 Å². The van der Waals surface area contributed by atoms with Crippen molar-refractivity contribution < 1.29 is 4.79 Å². The zero-order valence-electron chi connectivity index (χ0n) is 15.1. The molecule has 4 nitrogen and oxygen atoms in total. The first-order chi connectivity index (χ1) is 12.4. The van der Waals surface area contributed by atoms with Crippen LogP contribution in [0.1, 0.15) is 19.4 Å². The van der Waals surface area contributed by atoms with E-state index < -0.39 is 0 Å². The fourth-order valence-corrected chi connectivity index (χ4v) is 3.85. The summed E-state index contributed by atoms with van der Waals surface area (Å²) in [5.41, 5.74) is 3.76. The van der Waals surface area contributed by atoms with Crippen molar-refractivity contribution in [3.8, 4) is 0 Å². The molecule has 0 atom stereocenters. The quantitative estimate of drug-likeness (QED) is 0.577. The maximum atomic E-state index is 12.3. The van der Waals surface area contributed by atoms with E-state index in [-0.39, 0.29) is 11.7 Å². The number of carbonyl (C=O) groups is 1. The molecule has 2 aromatic carbocycles. The first-order valence-electron chi connectivity index (χ1n) is 8.58. The summed E-state index contributed by atoms with van der Waals surface area (Å²) < 4.78 is 2.19. The molecule has 0 aliphatic carbocycles. The van der Waals surface area contributed by atoms with Crippen LogP contribution in [0.2, 0.25) is 5.02 Å². The topological polar surface area (TPSA) is 46.9 Å². The van der Waals surface area contributed by atoms with Gasteiger partial charge in [0.2, 0.25) is 5.91 Å². The van der Waals surface area contributed by atoms with E-state index >= 15 is 0 Å². The number of halogens is 1. The van der Waals surface area contributed by atoms with E-state index in [1.165, 1.54) is 11.8 Å². The van der Waals surface area contributed by atoms with Gasteiger partial charge < -0.3 is 9.88 Å². The number of aromatic nitrogens is 2. The lowest BCUT2D eigenvalue weighted by molar-refractivity contribution is -0.113. The van der Waals surface area contributed by atoms with Gasteiger partial charge in [0.15, 0.2) is 5.16 Å². The molecule has 0 radical (unpaired) electrons. The van der Waals surface area contributed by atoms with E-state index in [1.807, 2.05) is 43.3 Å². The summed E-state index contributed by atoms with van der Waals surface area (Å²) in [5.74, 6) is 0.682. The molecule has 0 aliphatic rings. The molecule has 136 valence electrons. The monoisotopic (exact) mass is 387 g/mol. The number of thioether (sulfide) groups is 1. The molecule has 1 heterocycles. The minimum Gasteiger partial charge on any atom is -0.324 e. The Morgan fingerprint density at radius 1 is 1.27 bits per heavy atom. The van der Waals surface area contributed by atoms with Crippen LogP contribution in [0, 0.1) is 12.8 Å². The lowest BCUT2D eigenvalue weighted by atomic mass is 10.2. The number of imidazole rings is 1. The van der Waals surface area contributed by atoms with Crippen LogP contribution in [0.25, 0.3) is 11.0 Å². The fourth-order valence-electron chi connectivity index (χ4n) is 2.74. The van der Waals surface area contributed by atoms with Crippen molar-refractivity contribution in [3.05, 3.63) is 53.1 Å². The number of benzene rings is 2. The van der Waals surface area contributed by atoms with Gasteiger partial charge >= 0.3 is 0 Å². The smallest absolute Gasteiger partial charge is 0.234 e. The van der Waals surface area contributed by atoms with E-state index in [0.717, 1.165) is 28.3 Å². The minimum atomic E-state index is -0.0936. The van der Waals surface area contributed by atoms with Gasteiger partial charge in [-0.05, 0) is 42.7 Å². The number of anilines is 1. The van der Waals surface area contributed by atoms with Gasteiger partial charge in [0.1, 0.15) is 0 Å². The number of amides is 1. The van der Waals surface area contributed by atoms with E-state index in [1.54, 1.807) is 0 Å². The van der Waals surface area contributed by atoms with Crippen LogP contribution in [0.3, 0.4) is 0 Å². The highest BCUT2D eigenvalue weighted by atomic mass is 35.5. The maximum Gasteiger partial charge on any atom is 0.234 e. The number of para-hydroxylation sites is 2. The number of nitrogens with one attached hydrogen (secondary N) is 1. The standard InChI is InChI=1S/C20H22ClN3OS/c1-13(2)11-24-18-7-5-4-6-17(18)23-20(24)26-12-19(25)22-16-9-8-14(3)10-15(16)21/h4-10,13H,11-12H2,1-3H3,(H,22,25). The van der Waals surface area contributed by atoms with Gasteiger partial charge in [0.05, 0.1) is 27.5 Å². The normalized spacial score (nSPS) is 11.3. The summed E-state index contributed by atoms with van der Waals surface area (Å²) in [6, 6.07) is 13.7. The molecule has 0 fully saturated rings. The van der Waals surface area contributed by atoms with Crippen molar-refractivity contribution in [2.24, 2.45) is 5.92 Å². The molecule has 1 amide bonds. The molecule has 0 bridgehead atoms.